The molecule has 0 heterocycles. The molecule has 25 heavy (non-hydrogen) atoms. The van der Waals surface area contributed by atoms with Crippen LogP contribution in [0.2, 0.25) is 0 Å². The molecule has 0 atom stereocenters. The summed E-state index contributed by atoms with van der Waals surface area (Å²) < 4.78 is 0. The van der Waals surface area contributed by atoms with Crippen LogP contribution in [0.25, 0.3) is 0 Å². The lowest BCUT2D eigenvalue weighted by Crippen LogP contribution is -2.36. The van der Waals surface area contributed by atoms with Crippen molar-refractivity contribution in [3.05, 3.63) is 54.6 Å². The van der Waals surface area contributed by atoms with Gasteiger partial charge in [-0.15, -0.1) is 0 Å². The number of amides is 2. The maximum atomic E-state index is 11.9. The topological polar surface area (TPSA) is 70.2 Å². The van der Waals surface area contributed by atoms with E-state index in [-0.39, 0.29) is 18.2 Å². The molecule has 2 rings (SSSR count). The van der Waals surface area contributed by atoms with Gasteiger partial charge in [-0.3, -0.25) is 9.59 Å². The van der Waals surface area contributed by atoms with Crippen molar-refractivity contribution >= 4 is 28.9 Å². The van der Waals surface area contributed by atoms with Crippen LogP contribution in [0.1, 0.15) is 27.2 Å². The SMILES string of the molecule is CC(C)(C)C(=O)NCCC(=O)Nc1ccc(Nc2ccccc2)cc1. The van der Waals surface area contributed by atoms with Crippen LogP contribution in [0.4, 0.5) is 17.1 Å². The average Bonchev–Trinajstić information content (AvgIpc) is 2.56. The number of hydrogen-bond acceptors (Lipinski definition) is 3. The quantitative estimate of drug-likeness (QED) is 0.747. The molecule has 5 nitrogen and oxygen atoms in total. The summed E-state index contributed by atoms with van der Waals surface area (Å²) >= 11 is 0. The lowest BCUT2D eigenvalue weighted by atomic mass is 9.96. The van der Waals surface area contributed by atoms with E-state index in [1.54, 1.807) is 0 Å². The Morgan fingerprint density at radius 1 is 0.840 bits per heavy atom. The summed E-state index contributed by atoms with van der Waals surface area (Å²) in [6, 6.07) is 17.4. The van der Waals surface area contributed by atoms with E-state index in [1.807, 2.05) is 75.4 Å². The third kappa shape index (κ3) is 6.30. The average molecular weight is 339 g/mol. The van der Waals surface area contributed by atoms with Gasteiger partial charge < -0.3 is 16.0 Å². The summed E-state index contributed by atoms with van der Waals surface area (Å²) in [5.74, 6) is -0.186. The molecule has 5 heteroatoms. The van der Waals surface area contributed by atoms with E-state index in [2.05, 4.69) is 16.0 Å². The Balaban J connectivity index is 1.78. The summed E-state index contributed by atoms with van der Waals surface area (Å²) in [5.41, 5.74) is 2.24. The van der Waals surface area contributed by atoms with Gasteiger partial charge in [0.2, 0.25) is 11.8 Å². The predicted octanol–water partition coefficient (Wildman–Crippen LogP) is 3.92. The number of rotatable bonds is 6. The Bertz CT molecular complexity index is 704. The molecule has 132 valence electrons. The maximum Gasteiger partial charge on any atom is 0.226 e. The monoisotopic (exact) mass is 339 g/mol. The van der Waals surface area contributed by atoms with Crippen molar-refractivity contribution in [1.29, 1.82) is 0 Å². The molecule has 0 aliphatic heterocycles. The highest BCUT2D eigenvalue weighted by molar-refractivity contribution is 5.91. The fourth-order valence-electron chi connectivity index (χ4n) is 2.10. The van der Waals surface area contributed by atoms with Crippen LogP contribution < -0.4 is 16.0 Å². The molecule has 0 fully saturated rings. The van der Waals surface area contributed by atoms with Crippen LogP contribution in [0, 0.1) is 5.41 Å². The molecule has 0 saturated carbocycles. The summed E-state index contributed by atoms with van der Waals surface area (Å²) in [7, 11) is 0. The Kier molecular flexibility index (Phi) is 6.17. The molecule has 0 unspecified atom stereocenters. The highest BCUT2D eigenvalue weighted by atomic mass is 16.2. The van der Waals surface area contributed by atoms with Crippen molar-refractivity contribution in [2.45, 2.75) is 27.2 Å². The van der Waals surface area contributed by atoms with Gasteiger partial charge in [-0.2, -0.15) is 0 Å². The van der Waals surface area contributed by atoms with Gasteiger partial charge in [0.15, 0.2) is 0 Å². The van der Waals surface area contributed by atoms with E-state index in [4.69, 9.17) is 0 Å². The zero-order valence-electron chi connectivity index (χ0n) is 14.9. The molecule has 0 bridgehead atoms. The minimum Gasteiger partial charge on any atom is -0.356 e. The van der Waals surface area contributed by atoms with E-state index < -0.39 is 5.41 Å². The first kappa shape index (κ1) is 18.5. The first-order valence-corrected chi connectivity index (χ1v) is 8.35. The molecule has 0 saturated heterocycles. The van der Waals surface area contributed by atoms with Crippen LogP contribution in [0.15, 0.2) is 54.6 Å². The van der Waals surface area contributed by atoms with Gasteiger partial charge in [0.25, 0.3) is 0 Å². The van der Waals surface area contributed by atoms with Crippen molar-refractivity contribution in [3.63, 3.8) is 0 Å². The molecular weight excluding hydrogens is 314 g/mol. The Labute approximate surface area is 148 Å². The van der Waals surface area contributed by atoms with Crippen LogP contribution in [0.3, 0.4) is 0 Å². The molecule has 2 aromatic carbocycles. The maximum absolute atomic E-state index is 11.9. The van der Waals surface area contributed by atoms with Gasteiger partial charge in [-0.05, 0) is 36.4 Å². The van der Waals surface area contributed by atoms with Gasteiger partial charge in [-0.1, -0.05) is 39.0 Å². The fourth-order valence-corrected chi connectivity index (χ4v) is 2.10. The molecule has 0 aliphatic carbocycles. The van der Waals surface area contributed by atoms with E-state index in [9.17, 15) is 9.59 Å². The number of anilines is 3. The summed E-state index contributed by atoms with van der Waals surface area (Å²) in [5, 5.41) is 8.88. The van der Waals surface area contributed by atoms with Crippen LogP contribution >= 0.6 is 0 Å². The minimum atomic E-state index is -0.446. The number of carbonyl (C=O) groups is 2. The molecule has 0 radical (unpaired) electrons. The number of carbonyl (C=O) groups excluding carboxylic acids is 2. The Morgan fingerprint density at radius 3 is 2.00 bits per heavy atom. The van der Waals surface area contributed by atoms with Crippen LogP contribution in [-0.4, -0.2) is 18.4 Å². The molecule has 0 aromatic heterocycles. The number of para-hydroxylation sites is 1. The highest BCUT2D eigenvalue weighted by Gasteiger charge is 2.20. The van der Waals surface area contributed by atoms with Gasteiger partial charge in [0, 0.05) is 35.4 Å². The second kappa shape index (κ2) is 8.33. The van der Waals surface area contributed by atoms with E-state index in [0.717, 1.165) is 17.1 Å². The molecule has 2 aromatic rings. The van der Waals surface area contributed by atoms with E-state index in [1.165, 1.54) is 0 Å². The van der Waals surface area contributed by atoms with Crippen molar-refractivity contribution < 1.29 is 9.59 Å². The molecule has 0 aliphatic rings. The van der Waals surface area contributed by atoms with E-state index in [0.29, 0.717) is 6.54 Å². The predicted molar refractivity (Wildman–Crippen MR) is 102 cm³/mol. The standard InChI is InChI=1S/C20H25N3O2/c1-20(2,3)19(25)21-14-13-18(24)23-17-11-9-16(10-12-17)22-15-7-5-4-6-8-15/h4-12,22H,13-14H2,1-3H3,(H,21,25)(H,23,24). The lowest BCUT2D eigenvalue weighted by Gasteiger charge is -2.17. The van der Waals surface area contributed by atoms with Crippen molar-refractivity contribution in [2.24, 2.45) is 5.41 Å². The fraction of sp³-hybridized carbons (Fsp3) is 0.300. The van der Waals surface area contributed by atoms with Gasteiger partial charge in [-0.25, -0.2) is 0 Å². The molecule has 0 spiro atoms. The van der Waals surface area contributed by atoms with Crippen molar-refractivity contribution in [3.8, 4) is 0 Å². The van der Waals surface area contributed by atoms with Gasteiger partial charge >= 0.3 is 0 Å². The van der Waals surface area contributed by atoms with Gasteiger partial charge in [0.1, 0.15) is 0 Å². The largest absolute Gasteiger partial charge is 0.356 e. The minimum absolute atomic E-state index is 0.0587. The normalized spacial score (nSPS) is 10.8. The Morgan fingerprint density at radius 2 is 1.40 bits per heavy atom. The third-order valence-corrected chi connectivity index (χ3v) is 3.55. The number of benzene rings is 2. The summed E-state index contributed by atoms with van der Waals surface area (Å²) in [6.07, 6.45) is 0.242. The van der Waals surface area contributed by atoms with E-state index >= 15 is 0 Å². The zero-order valence-corrected chi connectivity index (χ0v) is 14.9. The smallest absolute Gasteiger partial charge is 0.226 e. The second-order valence-electron chi connectivity index (χ2n) is 6.87. The Hall–Kier alpha value is -2.82. The first-order valence-electron chi connectivity index (χ1n) is 8.35. The molecular formula is C20H25N3O2. The first-order chi connectivity index (χ1) is 11.8. The van der Waals surface area contributed by atoms with Crippen molar-refractivity contribution in [1.82, 2.24) is 5.32 Å². The number of nitrogens with one attached hydrogen (secondary N) is 3. The van der Waals surface area contributed by atoms with Crippen molar-refractivity contribution in [2.75, 3.05) is 17.2 Å². The summed E-state index contributed by atoms with van der Waals surface area (Å²) in [6.45, 7) is 5.85. The second-order valence-corrected chi connectivity index (χ2v) is 6.87. The van der Waals surface area contributed by atoms with Crippen LogP contribution in [-0.2, 0) is 9.59 Å². The zero-order chi connectivity index (χ0) is 18.3. The van der Waals surface area contributed by atoms with Crippen LogP contribution in [0.5, 0.6) is 0 Å². The third-order valence-electron chi connectivity index (χ3n) is 3.55. The van der Waals surface area contributed by atoms with Gasteiger partial charge in [0.05, 0.1) is 0 Å². The molecule has 2 amide bonds. The molecule has 3 N–H and O–H groups in total. The summed E-state index contributed by atoms with van der Waals surface area (Å²) in [4.78, 5) is 23.7. The number of hydrogen-bond donors (Lipinski definition) is 3. The highest BCUT2D eigenvalue weighted by Crippen LogP contribution is 2.18. The lowest BCUT2D eigenvalue weighted by molar-refractivity contribution is -0.128.